The van der Waals surface area contributed by atoms with Crippen LogP contribution in [0.25, 0.3) is 5.57 Å². The molecule has 2 N–H and O–H groups in total. The molecule has 0 fully saturated rings. The normalized spacial score (nSPS) is 23.3. The molecular weight excluding hydrogens is 230 g/mol. The molecule has 0 saturated heterocycles. The van der Waals surface area contributed by atoms with Gasteiger partial charge in [-0.25, -0.2) is 4.79 Å². The number of benzene rings is 1. The summed E-state index contributed by atoms with van der Waals surface area (Å²) in [6.45, 7) is 4.08. The van der Waals surface area contributed by atoms with Crippen LogP contribution in [0.4, 0.5) is 10.5 Å². The Morgan fingerprint density at radius 1 is 1.33 bits per heavy atom. The summed E-state index contributed by atoms with van der Waals surface area (Å²) in [5.41, 5.74) is 2.95. The van der Waals surface area contributed by atoms with Crippen molar-refractivity contribution in [3.63, 3.8) is 0 Å². The van der Waals surface area contributed by atoms with Crippen LogP contribution in [0.1, 0.15) is 25.8 Å². The molecule has 0 bridgehead atoms. The van der Waals surface area contributed by atoms with E-state index in [1.54, 1.807) is 12.1 Å². The summed E-state index contributed by atoms with van der Waals surface area (Å²) in [7, 11) is 0. The molecule has 1 heterocycles. The van der Waals surface area contributed by atoms with Crippen molar-refractivity contribution in [2.24, 2.45) is 0 Å². The number of anilines is 1. The maximum Gasteiger partial charge on any atom is 0.409 e. The van der Waals surface area contributed by atoms with E-state index in [1.807, 2.05) is 19.1 Å². The van der Waals surface area contributed by atoms with Crippen LogP contribution >= 0.6 is 0 Å². The monoisotopic (exact) mass is 247 g/mol. The molecule has 0 aliphatic carbocycles. The largest absolute Gasteiger partial charge is 0.465 e. The van der Waals surface area contributed by atoms with Crippen LogP contribution in [0.2, 0.25) is 0 Å². The first-order valence-electron chi connectivity index (χ1n) is 6.01. The van der Waals surface area contributed by atoms with Crippen LogP contribution in [0.5, 0.6) is 0 Å². The van der Waals surface area contributed by atoms with E-state index in [1.165, 1.54) is 5.57 Å². The van der Waals surface area contributed by atoms with Gasteiger partial charge in [-0.15, -0.1) is 0 Å². The number of carbonyl (C=O) groups is 1. The highest BCUT2D eigenvalue weighted by molar-refractivity contribution is 5.83. The lowest BCUT2D eigenvalue weighted by Gasteiger charge is -2.25. The van der Waals surface area contributed by atoms with E-state index in [0.717, 1.165) is 12.0 Å². The second kappa shape index (κ2) is 5.23. The summed E-state index contributed by atoms with van der Waals surface area (Å²) in [4.78, 5) is 10.5. The summed E-state index contributed by atoms with van der Waals surface area (Å²) in [6, 6.07) is 7.41. The first-order chi connectivity index (χ1) is 8.54. The predicted octanol–water partition coefficient (Wildman–Crippen LogP) is 3.36. The van der Waals surface area contributed by atoms with Crippen LogP contribution < -0.4 is 5.32 Å². The van der Waals surface area contributed by atoms with Gasteiger partial charge in [-0.05, 0) is 43.5 Å². The van der Waals surface area contributed by atoms with Gasteiger partial charge in [-0.2, -0.15) is 0 Å². The van der Waals surface area contributed by atoms with Crippen molar-refractivity contribution in [2.75, 3.05) is 5.32 Å². The average molecular weight is 247 g/mol. The fraction of sp³-hybridized carbons (Fsp3) is 0.357. The summed E-state index contributed by atoms with van der Waals surface area (Å²) >= 11 is 0. The lowest BCUT2D eigenvalue weighted by atomic mass is 9.96. The minimum Gasteiger partial charge on any atom is -0.465 e. The molecule has 1 aromatic carbocycles. The fourth-order valence-electron chi connectivity index (χ4n) is 2.22. The molecule has 0 aromatic heterocycles. The second-order valence-electron chi connectivity index (χ2n) is 4.56. The fourth-order valence-corrected chi connectivity index (χ4v) is 2.22. The number of carboxylic acid groups (broad SMARTS) is 1. The van der Waals surface area contributed by atoms with Crippen LogP contribution in [-0.4, -0.2) is 23.4 Å². The second-order valence-corrected chi connectivity index (χ2v) is 4.56. The van der Waals surface area contributed by atoms with Crippen LogP contribution in [-0.2, 0) is 4.74 Å². The Balaban J connectivity index is 2.16. The SMILES string of the molecule is CC1C=C(c2ccc(NC(=O)O)cc2)CC(C)O1. The molecule has 1 aromatic rings. The molecule has 1 aliphatic heterocycles. The van der Waals surface area contributed by atoms with Crippen molar-refractivity contribution in [2.45, 2.75) is 32.5 Å². The molecule has 0 spiro atoms. The number of hydrogen-bond acceptors (Lipinski definition) is 2. The zero-order valence-corrected chi connectivity index (χ0v) is 10.5. The number of ether oxygens (including phenoxy) is 1. The zero-order valence-electron chi connectivity index (χ0n) is 10.5. The number of nitrogens with one attached hydrogen (secondary N) is 1. The number of amides is 1. The van der Waals surface area contributed by atoms with Crippen molar-refractivity contribution < 1.29 is 14.6 Å². The lowest BCUT2D eigenvalue weighted by Crippen LogP contribution is -2.20. The average Bonchev–Trinajstić information content (AvgIpc) is 2.27. The van der Waals surface area contributed by atoms with Gasteiger partial charge in [0.2, 0.25) is 0 Å². The third-order valence-corrected chi connectivity index (χ3v) is 2.90. The molecular formula is C14H17NO3. The van der Waals surface area contributed by atoms with Crippen LogP contribution in [0.3, 0.4) is 0 Å². The van der Waals surface area contributed by atoms with Gasteiger partial charge in [-0.1, -0.05) is 18.2 Å². The highest BCUT2D eigenvalue weighted by atomic mass is 16.5. The minimum absolute atomic E-state index is 0.126. The Hall–Kier alpha value is -1.81. The van der Waals surface area contributed by atoms with E-state index < -0.39 is 6.09 Å². The summed E-state index contributed by atoms with van der Waals surface area (Å²) in [5.74, 6) is 0. The van der Waals surface area contributed by atoms with Gasteiger partial charge in [-0.3, -0.25) is 5.32 Å². The third-order valence-electron chi connectivity index (χ3n) is 2.90. The van der Waals surface area contributed by atoms with Gasteiger partial charge >= 0.3 is 6.09 Å². The first-order valence-corrected chi connectivity index (χ1v) is 6.01. The molecule has 18 heavy (non-hydrogen) atoms. The molecule has 1 amide bonds. The quantitative estimate of drug-likeness (QED) is 0.842. The molecule has 1 aliphatic rings. The number of rotatable bonds is 2. The Bertz CT molecular complexity index is 464. The molecule has 4 nitrogen and oxygen atoms in total. The summed E-state index contributed by atoms with van der Waals surface area (Å²) in [6.07, 6.45) is 2.29. The highest BCUT2D eigenvalue weighted by Gasteiger charge is 2.17. The van der Waals surface area contributed by atoms with Gasteiger partial charge < -0.3 is 9.84 Å². The van der Waals surface area contributed by atoms with E-state index in [0.29, 0.717) is 5.69 Å². The Morgan fingerprint density at radius 3 is 2.56 bits per heavy atom. The molecule has 4 heteroatoms. The molecule has 2 atom stereocenters. The van der Waals surface area contributed by atoms with Gasteiger partial charge in [0.1, 0.15) is 0 Å². The Morgan fingerprint density at radius 2 is 2.00 bits per heavy atom. The van der Waals surface area contributed by atoms with E-state index in [-0.39, 0.29) is 12.2 Å². The summed E-state index contributed by atoms with van der Waals surface area (Å²) in [5, 5.41) is 10.9. The zero-order chi connectivity index (χ0) is 13.1. The van der Waals surface area contributed by atoms with Gasteiger partial charge in [0.25, 0.3) is 0 Å². The predicted molar refractivity (Wildman–Crippen MR) is 70.7 cm³/mol. The van der Waals surface area contributed by atoms with Gasteiger partial charge in [0, 0.05) is 5.69 Å². The van der Waals surface area contributed by atoms with Crippen molar-refractivity contribution in [3.05, 3.63) is 35.9 Å². The summed E-state index contributed by atoms with van der Waals surface area (Å²) < 4.78 is 5.65. The lowest BCUT2D eigenvalue weighted by molar-refractivity contribution is 0.0304. The Kier molecular flexibility index (Phi) is 3.67. The number of hydrogen-bond donors (Lipinski definition) is 2. The van der Waals surface area contributed by atoms with Crippen LogP contribution in [0.15, 0.2) is 30.3 Å². The van der Waals surface area contributed by atoms with E-state index in [2.05, 4.69) is 18.3 Å². The highest BCUT2D eigenvalue weighted by Crippen LogP contribution is 2.27. The first kappa shape index (κ1) is 12.6. The molecule has 0 radical (unpaired) electrons. The maximum atomic E-state index is 10.5. The van der Waals surface area contributed by atoms with E-state index in [9.17, 15) is 4.79 Å². The van der Waals surface area contributed by atoms with Crippen molar-refractivity contribution >= 4 is 17.4 Å². The maximum absolute atomic E-state index is 10.5. The molecule has 2 rings (SSSR count). The smallest absolute Gasteiger partial charge is 0.409 e. The van der Waals surface area contributed by atoms with Gasteiger partial charge in [0.05, 0.1) is 12.2 Å². The third kappa shape index (κ3) is 3.11. The molecule has 0 saturated carbocycles. The molecule has 2 unspecified atom stereocenters. The van der Waals surface area contributed by atoms with Crippen molar-refractivity contribution in [1.82, 2.24) is 0 Å². The van der Waals surface area contributed by atoms with Crippen molar-refractivity contribution in [1.29, 1.82) is 0 Å². The molecule has 96 valence electrons. The standard InChI is InChI=1S/C14H17NO3/c1-9-7-12(8-10(2)18-9)11-3-5-13(6-4-11)15-14(16)17/h3-7,9-10,15H,8H2,1-2H3,(H,16,17). The minimum atomic E-state index is -1.05. The van der Waals surface area contributed by atoms with Gasteiger partial charge in [0.15, 0.2) is 0 Å². The van der Waals surface area contributed by atoms with Crippen LogP contribution in [0, 0.1) is 0 Å². The Labute approximate surface area is 106 Å². The van der Waals surface area contributed by atoms with E-state index >= 15 is 0 Å². The topological polar surface area (TPSA) is 58.6 Å². The van der Waals surface area contributed by atoms with Crippen molar-refractivity contribution in [3.8, 4) is 0 Å². The van der Waals surface area contributed by atoms with E-state index in [4.69, 9.17) is 9.84 Å².